The Morgan fingerprint density at radius 2 is 2.17 bits per heavy atom. The van der Waals surface area contributed by atoms with Crippen molar-refractivity contribution in [2.45, 2.75) is 25.7 Å². The fourth-order valence-electron chi connectivity index (χ4n) is 3.52. The minimum absolute atomic E-state index is 0.0434. The average Bonchev–Trinajstić information content (AvgIpc) is 3.22. The van der Waals surface area contributed by atoms with Crippen LogP contribution in [0.1, 0.15) is 28.0 Å². The number of benzene rings is 1. The van der Waals surface area contributed by atoms with Gasteiger partial charge in [0.25, 0.3) is 0 Å². The van der Waals surface area contributed by atoms with E-state index in [-0.39, 0.29) is 5.91 Å². The zero-order chi connectivity index (χ0) is 15.8. The summed E-state index contributed by atoms with van der Waals surface area (Å²) in [6.07, 6.45) is 4.10. The van der Waals surface area contributed by atoms with Crippen LogP contribution in [0.25, 0.3) is 0 Å². The Kier molecular flexibility index (Phi) is 3.55. The summed E-state index contributed by atoms with van der Waals surface area (Å²) in [6, 6.07) is 10.5. The van der Waals surface area contributed by atoms with Crippen molar-refractivity contribution in [2.75, 3.05) is 23.3 Å². The maximum Gasteiger partial charge on any atom is 0.244 e. The number of nitrogens with one attached hydrogen (secondary N) is 1. The van der Waals surface area contributed by atoms with E-state index in [1.54, 1.807) is 11.3 Å². The number of hydrogen-bond acceptors (Lipinski definition) is 4. The van der Waals surface area contributed by atoms with Gasteiger partial charge < -0.3 is 10.2 Å². The molecular weight excluding hydrogens is 306 g/mol. The fourth-order valence-corrected chi connectivity index (χ4v) is 4.78. The minimum Gasteiger partial charge on any atom is -0.362 e. The van der Waals surface area contributed by atoms with Gasteiger partial charge in [0.05, 0.1) is 12.1 Å². The molecular formula is C18H17N3OS. The van der Waals surface area contributed by atoms with Crippen molar-refractivity contribution in [1.29, 1.82) is 5.26 Å². The van der Waals surface area contributed by atoms with Crippen LogP contribution in [0, 0.1) is 11.3 Å². The summed E-state index contributed by atoms with van der Waals surface area (Å²) in [5.74, 6) is -0.0434. The SMILES string of the molecule is N#Cc1c(NC(=O)CN2CCc3ccccc32)sc2c1CCC2. The van der Waals surface area contributed by atoms with E-state index < -0.39 is 0 Å². The molecule has 0 spiro atoms. The second-order valence-electron chi connectivity index (χ2n) is 6.02. The number of carbonyl (C=O) groups excluding carboxylic acids is 1. The number of amides is 1. The summed E-state index contributed by atoms with van der Waals surface area (Å²) in [7, 11) is 0. The summed E-state index contributed by atoms with van der Waals surface area (Å²) in [5, 5.41) is 13.1. The van der Waals surface area contributed by atoms with Crippen molar-refractivity contribution < 1.29 is 4.79 Å². The van der Waals surface area contributed by atoms with Gasteiger partial charge in [-0.25, -0.2) is 0 Å². The molecule has 0 fully saturated rings. The van der Waals surface area contributed by atoms with Crippen molar-refractivity contribution in [2.24, 2.45) is 0 Å². The molecule has 0 radical (unpaired) electrons. The van der Waals surface area contributed by atoms with Crippen LogP contribution in [0.2, 0.25) is 0 Å². The van der Waals surface area contributed by atoms with Crippen LogP contribution in [0.5, 0.6) is 0 Å². The molecule has 23 heavy (non-hydrogen) atoms. The molecule has 4 rings (SSSR count). The summed E-state index contributed by atoms with van der Waals surface area (Å²) < 4.78 is 0. The summed E-state index contributed by atoms with van der Waals surface area (Å²) in [5.41, 5.74) is 4.28. The monoisotopic (exact) mass is 323 g/mol. The molecule has 1 aliphatic carbocycles. The highest BCUT2D eigenvalue weighted by molar-refractivity contribution is 7.16. The molecule has 0 atom stereocenters. The molecule has 1 aromatic carbocycles. The predicted molar refractivity (Wildman–Crippen MR) is 92.0 cm³/mol. The lowest BCUT2D eigenvalue weighted by Gasteiger charge is -2.18. The summed E-state index contributed by atoms with van der Waals surface area (Å²) in [4.78, 5) is 15.8. The molecule has 4 nitrogen and oxygen atoms in total. The molecule has 2 aliphatic rings. The van der Waals surface area contributed by atoms with Gasteiger partial charge in [-0.15, -0.1) is 11.3 Å². The number of hydrogen-bond donors (Lipinski definition) is 1. The number of nitrogens with zero attached hydrogens (tertiary/aromatic N) is 2. The second-order valence-corrected chi connectivity index (χ2v) is 7.13. The first-order valence-electron chi connectivity index (χ1n) is 7.93. The standard InChI is InChI=1S/C18H17N3OS/c19-10-14-13-5-3-7-16(13)23-18(14)20-17(22)11-21-9-8-12-4-1-2-6-15(12)21/h1-2,4,6H,3,5,7-9,11H2,(H,20,22). The number of aryl methyl sites for hydroxylation is 1. The van der Waals surface area contributed by atoms with Gasteiger partial charge >= 0.3 is 0 Å². The van der Waals surface area contributed by atoms with E-state index in [9.17, 15) is 10.1 Å². The Morgan fingerprint density at radius 1 is 1.30 bits per heavy atom. The molecule has 2 heterocycles. The quantitative estimate of drug-likeness (QED) is 0.944. The summed E-state index contributed by atoms with van der Waals surface area (Å²) >= 11 is 1.57. The van der Waals surface area contributed by atoms with E-state index in [0.29, 0.717) is 12.1 Å². The first-order chi connectivity index (χ1) is 11.3. The Morgan fingerprint density at radius 3 is 3.04 bits per heavy atom. The zero-order valence-corrected chi connectivity index (χ0v) is 13.6. The molecule has 1 aromatic heterocycles. The van der Waals surface area contributed by atoms with Crippen LogP contribution in [0.15, 0.2) is 24.3 Å². The third-order valence-electron chi connectivity index (χ3n) is 4.60. The van der Waals surface area contributed by atoms with Gasteiger partial charge in [-0.05, 0) is 42.9 Å². The highest BCUT2D eigenvalue weighted by Crippen LogP contribution is 2.38. The number of carbonyl (C=O) groups is 1. The minimum atomic E-state index is -0.0434. The van der Waals surface area contributed by atoms with Crippen molar-refractivity contribution in [1.82, 2.24) is 0 Å². The van der Waals surface area contributed by atoms with Crippen molar-refractivity contribution in [3.63, 3.8) is 0 Å². The number of nitriles is 1. The maximum absolute atomic E-state index is 12.4. The second kappa shape index (κ2) is 5.71. The molecule has 1 N–H and O–H groups in total. The maximum atomic E-state index is 12.4. The van der Waals surface area contributed by atoms with E-state index in [0.717, 1.165) is 48.5 Å². The van der Waals surface area contributed by atoms with Crippen LogP contribution in [0.4, 0.5) is 10.7 Å². The molecule has 0 saturated heterocycles. The molecule has 5 heteroatoms. The Bertz CT molecular complexity index is 818. The van der Waals surface area contributed by atoms with Crippen molar-refractivity contribution in [3.05, 3.63) is 45.8 Å². The number of para-hydroxylation sites is 1. The van der Waals surface area contributed by atoms with Gasteiger partial charge in [-0.3, -0.25) is 4.79 Å². The molecule has 0 saturated carbocycles. The molecule has 0 unspecified atom stereocenters. The Balaban J connectivity index is 1.49. The van der Waals surface area contributed by atoms with Crippen LogP contribution >= 0.6 is 11.3 Å². The van der Waals surface area contributed by atoms with Gasteiger partial charge in [0.15, 0.2) is 0 Å². The first-order valence-corrected chi connectivity index (χ1v) is 8.75. The highest BCUT2D eigenvalue weighted by atomic mass is 32.1. The van der Waals surface area contributed by atoms with E-state index in [1.165, 1.54) is 10.4 Å². The highest BCUT2D eigenvalue weighted by Gasteiger charge is 2.25. The van der Waals surface area contributed by atoms with E-state index in [1.807, 2.05) is 12.1 Å². The topological polar surface area (TPSA) is 56.1 Å². The number of anilines is 2. The van der Waals surface area contributed by atoms with Gasteiger partial charge in [-0.1, -0.05) is 18.2 Å². The number of fused-ring (bicyclic) bond motifs is 2. The molecule has 1 aliphatic heterocycles. The molecule has 2 aromatic rings. The molecule has 116 valence electrons. The fraction of sp³-hybridized carbons (Fsp3) is 0.333. The zero-order valence-electron chi connectivity index (χ0n) is 12.8. The lowest BCUT2D eigenvalue weighted by Crippen LogP contribution is -2.31. The Hall–Kier alpha value is -2.32. The lowest BCUT2D eigenvalue weighted by molar-refractivity contribution is -0.114. The van der Waals surface area contributed by atoms with E-state index >= 15 is 0 Å². The van der Waals surface area contributed by atoms with E-state index in [2.05, 4.69) is 28.4 Å². The van der Waals surface area contributed by atoms with Gasteiger partial charge in [0.1, 0.15) is 11.1 Å². The lowest BCUT2D eigenvalue weighted by atomic mass is 10.1. The van der Waals surface area contributed by atoms with Gasteiger partial charge in [0, 0.05) is 17.1 Å². The molecule has 0 bridgehead atoms. The first kappa shape index (κ1) is 14.3. The predicted octanol–water partition coefficient (Wildman–Crippen LogP) is 3.11. The molecule has 1 amide bonds. The smallest absolute Gasteiger partial charge is 0.244 e. The van der Waals surface area contributed by atoms with Gasteiger partial charge in [0.2, 0.25) is 5.91 Å². The Labute approximate surface area is 139 Å². The van der Waals surface area contributed by atoms with Crippen LogP contribution in [0.3, 0.4) is 0 Å². The van der Waals surface area contributed by atoms with Crippen LogP contribution in [-0.2, 0) is 24.1 Å². The third kappa shape index (κ3) is 2.49. The van der Waals surface area contributed by atoms with Crippen LogP contribution < -0.4 is 10.2 Å². The third-order valence-corrected chi connectivity index (χ3v) is 5.81. The average molecular weight is 323 g/mol. The van der Waals surface area contributed by atoms with Crippen molar-refractivity contribution in [3.8, 4) is 6.07 Å². The van der Waals surface area contributed by atoms with Crippen LogP contribution in [-0.4, -0.2) is 19.0 Å². The number of rotatable bonds is 3. The van der Waals surface area contributed by atoms with Crippen molar-refractivity contribution >= 4 is 27.9 Å². The normalized spacial score (nSPS) is 15.2. The largest absolute Gasteiger partial charge is 0.362 e. The summed E-state index contributed by atoms with van der Waals surface area (Å²) in [6.45, 7) is 1.21. The van der Waals surface area contributed by atoms with E-state index in [4.69, 9.17) is 0 Å². The van der Waals surface area contributed by atoms with Gasteiger partial charge in [-0.2, -0.15) is 5.26 Å². The number of thiophene rings is 1.